The van der Waals surface area contributed by atoms with Crippen molar-refractivity contribution in [2.45, 2.75) is 50.2 Å². The van der Waals surface area contributed by atoms with Crippen LogP contribution in [-0.4, -0.2) is 64.2 Å². The third-order valence-corrected chi connectivity index (χ3v) is 4.84. The van der Waals surface area contributed by atoms with Crippen LogP contribution < -0.4 is 11.1 Å². The molecule has 1 heterocycles. The summed E-state index contributed by atoms with van der Waals surface area (Å²) in [6.45, 7) is 0.556. The molecule has 0 radical (unpaired) electrons. The molecule has 1 fully saturated rings. The minimum absolute atomic E-state index is 0.194. The van der Waals surface area contributed by atoms with Gasteiger partial charge in [0.25, 0.3) is 0 Å². The molecule has 8 nitrogen and oxygen atoms in total. The molecule has 0 spiro atoms. The number of carboxylic acid groups (broad SMARTS) is 2. The quantitative estimate of drug-likeness (QED) is 0.465. The number of nitrogens with one attached hydrogen (secondary N) is 1. The van der Waals surface area contributed by atoms with E-state index in [1.807, 2.05) is 30.3 Å². The largest absolute Gasteiger partial charge is 0.480 e. The predicted molar refractivity (Wildman–Crippen MR) is 99.2 cm³/mol. The second kappa shape index (κ2) is 10.0. The van der Waals surface area contributed by atoms with Gasteiger partial charge in [-0.05, 0) is 44.2 Å². The molecule has 8 heteroatoms. The van der Waals surface area contributed by atoms with E-state index in [0.717, 1.165) is 5.56 Å². The van der Waals surface area contributed by atoms with Gasteiger partial charge in [-0.3, -0.25) is 14.9 Å². The monoisotopic (exact) mass is 377 g/mol. The number of aliphatic carboxylic acids is 2. The zero-order chi connectivity index (χ0) is 19.8. The Morgan fingerprint density at radius 2 is 1.85 bits per heavy atom. The average molecular weight is 377 g/mol. The molecule has 0 aliphatic carbocycles. The lowest BCUT2D eigenvalue weighted by atomic mass is 10.0. The lowest BCUT2D eigenvalue weighted by Crippen LogP contribution is -2.54. The Bertz CT molecular complexity index is 652. The number of nitrogens with two attached hydrogens (primary N) is 1. The van der Waals surface area contributed by atoms with E-state index >= 15 is 0 Å². The number of hydrogen-bond acceptors (Lipinski definition) is 5. The van der Waals surface area contributed by atoms with Crippen molar-refractivity contribution >= 4 is 17.8 Å². The molecule has 0 aromatic heterocycles. The standard InChI is InChI=1S/C19H27N3O5/c20-11-10-14(17(23)22-12-4-7-16(22)19(26)27)21-15(18(24)25)9-8-13-5-2-1-3-6-13/h1-3,5-6,14-16,21H,4,7-12,20H2,(H,24,25)(H,26,27)/t14?,15?,16-/m0/s1. The van der Waals surface area contributed by atoms with Crippen LogP contribution in [0.15, 0.2) is 30.3 Å². The first kappa shape index (κ1) is 20.9. The van der Waals surface area contributed by atoms with Gasteiger partial charge >= 0.3 is 11.9 Å². The fraction of sp³-hybridized carbons (Fsp3) is 0.526. The van der Waals surface area contributed by atoms with Gasteiger partial charge in [0.15, 0.2) is 0 Å². The first-order valence-electron chi connectivity index (χ1n) is 9.20. The average Bonchev–Trinajstić information content (AvgIpc) is 3.14. The van der Waals surface area contributed by atoms with Crippen molar-refractivity contribution in [3.05, 3.63) is 35.9 Å². The molecule has 1 saturated heterocycles. The lowest BCUT2D eigenvalue weighted by Gasteiger charge is -2.29. The minimum atomic E-state index is -1.04. The maximum Gasteiger partial charge on any atom is 0.326 e. The van der Waals surface area contributed by atoms with Crippen molar-refractivity contribution in [2.24, 2.45) is 5.73 Å². The van der Waals surface area contributed by atoms with E-state index in [4.69, 9.17) is 5.73 Å². The van der Waals surface area contributed by atoms with Gasteiger partial charge in [-0.2, -0.15) is 0 Å². The van der Waals surface area contributed by atoms with Gasteiger partial charge in [-0.15, -0.1) is 0 Å². The van der Waals surface area contributed by atoms with Crippen molar-refractivity contribution in [3.63, 3.8) is 0 Å². The molecule has 2 rings (SSSR count). The van der Waals surface area contributed by atoms with Crippen LogP contribution >= 0.6 is 0 Å². The third kappa shape index (κ3) is 5.77. The third-order valence-electron chi connectivity index (χ3n) is 4.84. The predicted octanol–water partition coefficient (Wildman–Crippen LogP) is 0.455. The maximum atomic E-state index is 12.8. The van der Waals surface area contributed by atoms with Gasteiger partial charge < -0.3 is 20.8 Å². The van der Waals surface area contributed by atoms with Gasteiger partial charge in [-0.25, -0.2) is 4.79 Å². The Morgan fingerprint density at radius 3 is 2.44 bits per heavy atom. The van der Waals surface area contributed by atoms with Gasteiger partial charge in [0, 0.05) is 6.54 Å². The highest BCUT2D eigenvalue weighted by Crippen LogP contribution is 2.19. The zero-order valence-electron chi connectivity index (χ0n) is 15.2. The highest BCUT2D eigenvalue weighted by molar-refractivity contribution is 5.88. The van der Waals surface area contributed by atoms with Crippen LogP contribution in [0.3, 0.4) is 0 Å². The Kier molecular flexibility index (Phi) is 7.75. The molecule has 27 heavy (non-hydrogen) atoms. The van der Waals surface area contributed by atoms with E-state index in [2.05, 4.69) is 5.32 Å². The van der Waals surface area contributed by atoms with Gasteiger partial charge in [0.05, 0.1) is 6.04 Å². The second-order valence-electron chi connectivity index (χ2n) is 6.74. The normalized spacial score (nSPS) is 18.9. The zero-order valence-corrected chi connectivity index (χ0v) is 15.2. The van der Waals surface area contributed by atoms with Crippen LogP contribution in [0.1, 0.15) is 31.2 Å². The summed E-state index contributed by atoms with van der Waals surface area (Å²) in [4.78, 5) is 37.2. The van der Waals surface area contributed by atoms with E-state index in [0.29, 0.717) is 32.2 Å². The lowest BCUT2D eigenvalue weighted by molar-refractivity contribution is -0.149. The number of aryl methyl sites for hydroxylation is 1. The summed E-state index contributed by atoms with van der Waals surface area (Å²) >= 11 is 0. The van der Waals surface area contributed by atoms with E-state index in [-0.39, 0.29) is 13.0 Å². The maximum absolute atomic E-state index is 12.8. The van der Waals surface area contributed by atoms with E-state index < -0.39 is 36.0 Å². The summed E-state index contributed by atoms with van der Waals surface area (Å²) in [6, 6.07) is 6.92. The van der Waals surface area contributed by atoms with Crippen LogP contribution in [0.2, 0.25) is 0 Å². The van der Waals surface area contributed by atoms with Gasteiger partial charge in [-0.1, -0.05) is 30.3 Å². The summed E-state index contributed by atoms with van der Waals surface area (Å²) < 4.78 is 0. The van der Waals surface area contributed by atoms with Crippen molar-refractivity contribution in [1.82, 2.24) is 10.2 Å². The number of hydrogen-bond donors (Lipinski definition) is 4. The fourth-order valence-electron chi connectivity index (χ4n) is 3.41. The van der Waals surface area contributed by atoms with E-state index in [1.165, 1.54) is 4.90 Å². The number of amides is 1. The van der Waals surface area contributed by atoms with Crippen molar-refractivity contribution in [3.8, 4) is 0 Å². The first-order chi connectivity index (χ1) is 12.9. The van der Waals surface area contributed by atoms with Gasteiger partial charge in [0.1, 0.15) is 12.1 Å². The van der Waals surface area contributed by atoms with Crippen LogP contribution in [0.5, 0.6) is 0 Å². The SMILES string of the molecule is NCCC(NC(CCc1ccccc1)C(=O)O)C(=O)N1CCC[C@H]1C(=O)O. The number of carbonyl (C=O) groups is 3. The second-order valence-corrected chi connectivity index (χ2v) is 6.74. The number of carbonyl (C=O) groups excluding carboxylic acids is 1. The summed E-state index contributed by atoms with van der Waals surface area (Å²) in [5.41, 5.74) is 6.61. The molecule has 148 valence electrons. The number of rotatable bonds is 10. The molecule has 5 N–H and O–H groups in total. The Balaban J connectivity index is 2.05. The number of nitrogens with zero attached hydrogens (tertiary/aromatic N) is 1. The molecule has 1 amide bonds. The molecule has 0 saturated carbocycles. The molecule has 1 aromatic rings. The summed E-state index contributed by atoms with van der Waals surface area (Å²) in [6.07, 6.45) is 2.14. The number of carboxylic acids is 2. The molecule has 1 aliphatic heterocycles. The van der Waals surface area contributed by atoms with Crippen LogP contribution in [0.25, 0.3) is 0 Å². The fourth-order valence-corrected chi connectivity index (χ4v) is 3.41. The highest BCUT2D eigenvalue weighted by atomic mass is 16.4. The number of likely N-dealkylation sites (tertiary alicyclic amines) is 1. The highest BCUT2D eigenvalue weighted by Gasteiger charge is 2.37. The van der Waals surface area contributed by atoms with Crippen LogP contribution in [0.4, 0.5) is 0 Å². The van der Waals surface area contributed by atoms with E-state index in [9.17, 15) is 24.6 Å². The van der Waals surface area contributed by atoms with E-state index in [1.54, 1.807) is 0 Å². The molecule has 3 atom stereocenters. The van der Waals surface area contributed by atoms with Gasteiger partial charge in [0.2, 0.25) is 5.91 Å². The topological polar surface area (TPSA) is 133 Å². The Hall–Kier alpha value is -2.45. The smallest absolute Gasteiger partial charge is 0.326 e. The Morgan fingerprint density at radius 1 is 1.15 bits per heavy atom. The molecular formula is C19H27N3O5. The summed E-state index contributed by atoms with van der Waals surface area (Å²) in [7, 11) is 0. The van der Waals surface area contributed by atoms with Crippen LogP contribution in [-0.2, 0) is 20.8 Å². The van der Waals surface area contributed by atoms with Crippen molar-refractivity contribution in [2.75, 3.05) is 13.1 Å². The molecule has 0 bridgehead atoms. The van der Waals surface area contributed by atoms with Crippen molar-refractivity contribution < 1.29 is 24.6 Å². The molecular weight excluding hydrogens is 350 g/mol. The summed E-state index contributed by atoms with van der Waals surface area (Å²) in [5.74, 6) is -2.47. The molecule has 1 aromatic carbocycles. The minimum Gasteiger partial charge on any atom is -0.480 e. The molecule has 1 aliphatic rings. The Labute approximate surface area is 158 Å². The first-order valence-corrected chi connectivity index (χ1v) is 9.20. The van der Waals surface area contributed by atoms with Crippen molar-refractivity contribution in [1.29, 1.82) is 0 Å². The summed E-state index contributed by atoms with van der Waals surface area (Å²) in [5, 5.41) is 21.7. The molecule has 2 unspecified atom stereocenters. The number of benzene rings is 1. The van der Waals surface area contributed by atoms with Crippen LogP contribution in [0, 0.1) is 0 Å².